The summed E-state index contributed by atoms with van der Waals surface area (Å²) in [6.07, 6.45) is 5.08. The van der Waals surface area contributed by atoms with E-state index >= 15 is 0 Å². The number of fused-ring (bicyclic) bond motifs is 3. The largest absolute Gasteiger partial charge is 0.479 e. The average molecular weight is 645 g/mol. The number of hydrogen-bond donors (Lipinski definition) is 3. The number of carboxylic acids is 1. The summed E-state index contributed by atoms with van der Waals surface area (Å²) in [6.45, 7) is 5.71. The van der Waals surface area contributed by atoms with E-state index in [4.69, 9.17) is 21.1 Å². The van der Waals surface area contributed by atoms with Crippen LogP contribution in [0.5, 0.6) is 0 Å². The Balaban J connectivity index is 1.36. The van der Waals surface area contributed by atoms with Gasteiger partial charge in [-0.3, -0.25) is 14.5 Å². The molecule has 0 aromatic heterocycles. The number of aliphatic carboxylic acids is 1. The Bertz CT molecular complexity index is 1390. The Morgan fingerprint density at radius 3 is 2.60 bits per heavy atom. The molecule has 4 aliphatic rings. The molecule has 5 atom stereocenters. The minimum Gasteiger partial charge on any atom is -0.479 e. The summed E-state index contributed by atoms with van der Waals surface area (Å²) in [5.41, 5.74) is -0.390. The fourth-order valence-corrected chi connectivity index (χ4v) is 6.50. The van der Waals surface area contributed by atoms with Crippen LogP contribution in [0.3, 0.4) is 0 Å². The van der Waals surface area contributed by atoms with Crippen LogP contribution in [0.25, 0.3) is 0 Å². The number of carbonyl (C=O) groups excluding carboxylic acids is 4. The van der Waals surface area contributed by atoms with Crippen LogP contribution in [0.15, 0.2) is 30.4 Å². The molecule has 1 aromatic carbocycles. The molecule has 2 fully saturated rings. The third kappa shape index (κ3) is 7.54. The number of halogens is 1. The average Bonchev–Trinajstić information content (AvgIpc) is 3.26. The normalized spacial score (nSPS) is 29.2. The molecule has 3 aliphatic heterocycles. The van der Waals surface area contributed by atoms with Crippen LogP contribution in [0.2, 0.25) is 5.02 Å². The minimum absolute atomic E-state index is 0.0225. The van der Waals surface area contributed by atoms with Gasteiger partial charge < -0.3 is 30.1 Å². The maximum absolute atomic E-state index is 14.1. The van der Waals surface area contributed by atoms with E-state index in [1.54, 1.807) is 32.9 Å². The molecule has 13 heteroatoms. The van der Waals surface area contributed by atoms with Crippen molar-refractivity contribution in [3.8, 4) is 0 Å². The lowest BCUT2D eigenvalue weighted by Crippen LogP contribution is -2.56. The lowest BCUT2D eigenvalue weighted by molar-refractivity contribution is -0.145. The maximum atomic E-state index is 14.1. The first-order valence-electron chi connectivity index (χ1n) is 15.5. The monoisotopic (exact) mass is 644 g/mol. The van der Waals surface area contributed by atoms with E-state index in [1.165, 1.54) is 9.80 Å². The molecule has 244 valence electrons. The van der Waals surface area contributed by atoms with Crippen LogP contribution in [-0.4, -0.2) is 80.7 Å². The Labute approximate surface area is 267 Å². The van der Waals surface area contributed by atoms with E-state index in [0.717, 1.165) is 30.4 Å². The summed E-state index contributed by atoms with van der Waals surface area (Å²) < 4.78 is 11.2. The van der Waals surface area contributed by atoms with Gasteiger partial charge in [-0.2, -0.15) is 0 Å². The highest BCUT2D eigenvalue weighted by Gasteiger charge is 2.61. The molecule has 12 nitrogen and oxygen atoms in total. The first kappa shape index (κ1) is 32.6. The van der Waals surface area contributed by atoms with Crippen LogP contribution < -0.4 is 10.6 Å². The number of rotatable bonds is 3. The zero-order chi connectivity index (χ0) is 32.5. The highest BCUT2D eigenvalue weighted by Crippen LogP contribution is 2.45. The van der Waals surface area contributed by atoms with Crippen LogP contribution in [0, 0.1) is 5.92 Å². The zero-order valence-corrected chi connectivity index (χ0v) is 26.6. The first-order chi connectivity index (χ1) is 21.3. The van der Waals surface area contributed by atoms with E-state index in [2.05, 4.69) is 10.6 Å². The summed E-state index contributed by atoms with van der Waals surface area (Å²) in [7, 11) is 0. The lowest BCUT2D eigenvalue weighted by Gasteiger charge is -2.30. The molecule has 1 aromatic rings. The number of nitrogens with zero attached hydrogens (tertiary/aromatic N) is 2. The van der Waals surface area contributed by atoms with E-state index < -0.39 is 59.3 Å². The Morgan fingerprint density at radius 1 is 1.11 bits per heavy atom. The number of alkyl carbamates (subject to hydrolysis) is 1. The molecular weight excluding hydrogens is 604 g/mol. The standard InChI is InChI=1S/C32H41ClN4O8/c1-31(2,3)45-29(42)34-24-10-8-6-4-5-7-9-21-15-32(21,28(40)41)35-26(38)25-14-23(18-37(25)27(24)39)44-30(43)36-16-19-11-12-22(33)13-20(19)17-36/h7,9,11-13,21,23-25H,4-6,8,10,14-18H2,1-3H3,(H,34,42)(H,35,38)(H,40,41)/b9-7-/t21-,23-,24+,25+,32-/m1/s1. The minimum atomic E-state index is -1.46. The molecule has 0 bridgehead atoms. The summed E-state index contributed by atoms with van der Waals surface area (Å²) in [4.78, 5) is 68.9. The fourth-order valence-electron chi connectivity index (χ4n) is 6.31. The van der Waals surface area contributed by atoms with E-state index in [1.807, 2.05) is 18.2 Å². The predicted octanol–water partition coefficient (Wildman–Crippen LogP) is 4.13. The van der Waals surface area contributed by atoms with Gasteiger partial charge in [0, 0.05) is 30.5 Å². The van der Waals surface area contributed by atoms with Crippen molar-refractivity contribution in [1.82, 2.24) is 20.4 Å². The molecule has 0 unspecified atom stereocenters. The number of allylic oxidation sites excluding steroid dienone is 1. The number of ether oxygens (including phenoxy) is 2. The van der Waals surface area contributed by atoms with Crippen molar-refractivity contribution in [1.29, 1.82) is 0 Å². The van der Waals surface area contributed by atoms with Gasteiger partial charge in [-0.15, -0.1) is 0 Å². The van der Waals surface area contributed by atoms with Gasteiger partial charge in [-0.05, 0) is 69.7 Å². The van der Waals surface area contributed by atoms with Crippen molar-refractivity contribution >= 4 is 41.6 Å². The molecule has 0 spiro atoms. The third-order valence-electron chi connectivity index (χ3n) is 8.73. The number of carbonyl (C=O) groups is 5. The van der Waals surface area contributed by atoms with Gasteiger partial charge in [0.2, 0.25) is 11.8 Å². The second-order valence-corrected chi connectivity index (χ2v) is 13.8. The van der Waals surface area contributed by atoms with Crippen molar-refractivity contribution in [3.63, 3.8) is 0 Å². The molecule has 1 saturated heterocycles. The number of benzene rings is 1. The fraction of sp³-hybridized carbons (Fsp3) is 0.594. The molecular formula is C32H41ClN4O8. The molecule has 4 amide bonds. The number of carboxylic acid groups (broad SMARTS) is 1. The second kappa shape index (κ2) is 12.9. The van der Waals surface area contributed by atoms with Gasteiger partial charge in [-0.25, -0.2) is 14.4 Å². The molecule has 5 rings (SSSR count). The van der Waals surface area contributed by atoms with E-state index in [0.29, 0.717) is 31.0 Å². The van der Waals surface area contributed by atoms with Gasteiger partial charge >= 0.3 is 18.2 Å². The molecule has 45 heavy (non-hydrogen) atoms. The Hall–Kier alpha value is -3.80. The van der Waals surface area contributed by atoms with E-state index in [-0.39, 0.29) is 25.3 Å². The van der Waals surface area contributed by atoms with Crippen molar-refractivity contribution in [2.75, 3.05) is 6.54 Å². The predicted molar refractivity (Wildman–Crippen MR) is 163 cm³/mol. The van der Waals surface area contributed by atoms with Crippen molar-refractivity contribution in [2.45, 2.75) is 108 Å². The van der Waals surface area contributed by atoms with Crippen molar-refractivity contribution in [2.24, 2.45) is 5.92 Å². The summed E-state index contributed by atoms with van der Waals surface area (Å²) in [6, 6.07) is 3.31. The Morgan fingerprint density at radius 2 is 1.87 bits per heavy atom. The third-order valence-corrected chi connectivity index (χ3v) is 8.96. The molecule has 1 aliphatic carbocycles. The van der Waals surface area contributed by atoms with Crippen LogP contribution in [0.4, 0.5) is 9.59 Å². The highest BCUT2D eigenvalue weighted by molar-refractivity contribution is 6.30. The van der Waals surface area contributed by atoms with Gasteiger partial charge in [-0.1, -0.05) is 42.7 Å². The smallest absolute Gasteiger partial charge is 0.410 e. The van der Waals surface area contributed by atoms with Crippen molar-refractivity contribution in [3.05, 3.63) is 46.5 Å². The van der Waals surface area contributed by atoms with Gasteiger partial charge in [0.25, 0.3) is 0 Å². The topological polar surface area (TPSA) is 155 Å². The zero-order valence-electron chi connectivity index (χ0n) is 25.8. The van der Waals surface area contributed by atoms with Crippen LogP contribution >= 0.6 is 11.6 Å². The SMILES string of the molecule is CC(C)(C)OC(=O)N[C@H]1CCCCC/C=C\[C@@H]2C[C@@]2(C(=O)O)NC(=O)[C@@H]2C[C@@H](OC(=O)N3Cc4ccc(Cl)cc4C3)CN2C1=O. The summed E-state index contributed by atoms with van der Waals surface area (Å²) in [5, 5.41) is 16.0. The highest BCUT2D eigenvalue weighted by atomic mass is 35.5. The second-order valence-electron chi connectivity index (χ2n) is 13.4. The van der Waals surface area contributed by atoms with Crippen LogP contribution in [-0.2, 0) is 36.9 Å². The van der Waals surface area contributed by atoms with Gasteiger partial charge in [0.15, 0.2) is 0 Å². The maximum Gasteiger partial charge on any atom is 0.410 e. The Kier molecular flexibility index (Phi) is 9.34. The van der Waals surface area contributed by atoms with Gasteiger partial charge in [0.1, 0.15) is 29.3 Å². The van der Waals surface area contributed by atoms with Gasteiger partial charge in [0.05, 0.1) is 6.54 Å². The van der Waals surface area contributed by atoms with Crippen LogP contribution in [0.1, 0.15) is 76.8 Å². The first-order valence-corrected chi connectivity index (χ1v) is 15.9. The molecule has 0 radical (unpaired) electrons. The lowest BCUT2D eigenvalue weighted by atomic mass is 10.0. The number of hydrogen-bond acceptors (Lipinski definition) is 7. The summed E-state index contributed by atoms with van der Waals surface area (Å²) >= 11 is 6.11. The number of nitrogens with one attached hydrogen (secondary N) is 2. The van der Waals surface area contributed by atoms with E-state index in [9.17, 15) is 29.1 Å². The number of amides is 4. The van der Waals surface area contributed by atoms with Crippen molar-refractivity contribution < 1.29 is 38.6 Å². The molecule has 3 heterocycles. The quantitative estimate of drug-likeness (QED) is 0.415. The molecule has 3 N–H and O–H groups in total. The molecule has 1 saturated carbocycles. The summed E-state index contributed by atoms with van der Waals surface area (Å²) in [5.74, 6) is -2.68.